The van der Waals surface area contributed by atoms with Crippen molar-refractivity contribution in [3.05, 3.63) is 0 Å². The van der Waals surface area contributed by atoms with E-state index in [1.165, 1.54) is 0 Å². The van der Waals surface area contributed by atoms with Crippen molar-refractivity contribution in [2.45, 2.75) is 61.4 Å². The van der Waals surface area contributed by atoms with E-state index in [2.05, 4.69) is 0 Å². The summed E-state index contributed by atoms with van der Waals surface area (Å²) in [6.45, 7) is -1.40. The van der Waals surface area contributed by atoms with Crippen molar-refractivity contribution >= 4 is 0 Å². The van der Waals surface area contributed by atoms with Crippen LogP contribution in [0, 0.1) is 0 Å². The van der Waals surface area contributed by atoms with Gasteiger partial charge in [0.2, 0.25) is 0 Å². The average Bonchev–Trinajstić information content (AvgIpc) is 2.82. The molecular formula is C12H22O11. The average molecular weight is 342 g/mol. The maximum Gasteiger partial charge on any atom is 0.187 e. The molecule has 0 aromatic carbocycles. The summed E-state index contributed by atoms with van der Waals surface area (Å²) in [4.78, 5) is 0. The molecule has 0 aliphatic carbocycles. The molecule has 0 amide bonds. The smallest absolute Gasteiger partial charge is 0.187 e. The highest BCUT2D eigenvalue weighted by atomic mass is 16.7. The van der Waals surface area contributed by atoms with E-state index in [0.29, 0.717) is 0 Å². The fourth-order valence-corrected chi connectivity index (χ4v) is 2.58. The minimum atomic E-state index is -1.72. The van der Waals surface area contributed by atoms with Gasteiger partial charge in [-0.2, -0.15) is 0 Å². The SMILES string of the molecule is OCC(O)C1OC(O)C(O)C1OC1OC(CO)C(O)C(O)C1O. The van der Waals surface area contributed by atoms with Crippen LogP contribution in [0.25, 0.3) is 0 Å². The molecule has 0 radical (unpaired) electrons. The van der Waals surface area contributed by atoms with Gasteiger partial charge in [-0.1, -0.05) is 0 Å². The van der Waals surface area contributed by atoms with Crippen molar-refractivity contribution in [1.82, 2.24) is 0 Å². The molecule has 0 saturated carbocycles. The minimum Gasteiger partial charge on any atom is -0.394 e. The van der Waals surface area contributed by atoms with E-state index in [0.717, 1.165) is 0 Å². The van der Waals surface area contributed by atoms with Gasteiger partial charge >= 0.3 is 0 Å². The summed E-state index contributed by atoms with van der Waals surface area (Å²) in [6.07, 6.45) is -15.3. The molecule has 136 valence electrons. The van der Waals surface area contributed by atoms with Crippen molar-refractivity contribution < 1.29 is 55.1 Å². The summed E-state index contributed by atoms with van der Waals surface area (Å²) in [7, 11) is 0. The van der Waals surface area contributed by atoms with Crippen LogP contribution in [-0.2, 0) is 14.2 Å². The second-order valence-corrected chi connectivity index (χ2v) is 5.53. The Labute approximate surface area is 130 Å². The zero-order chi connectivity index (χ0) is 17.3. The van der Waals surface area contributed by atoms with Crippen molar-refractivity contribution in [2.75, 3.05) is 13.2 Å². The summed E-state index contributed by atoms with van der Waals surface area (Å²) in [5.74, 6) is 0. The molecule has 8 N–H and O–H groups in total. The molecule has 2 heterocycles. The van der Waals surface area contributed by atoms with Gasteiger partial charge in [-0.15, -0.1) is 0 Å². The highest BCUT2D eigenvalue weighted by Gasteiger charge is 2.51. The van der Waals surface area contributed by atoms with Gasteiger partial charge in [-0.3, -0.25) is 0 Å². The first-order chi connectivity index (χ1) is 10.8. The lowest BCUT2D eigenvalue weighted by Crippen LogP contribution is -2.60. The minimum absolute atomic E-state index is 0.667. The largest absolute Gasteiger partial charge is 0.394 e. The van der Waals surface area contributed by atoms with E-state index < -0.39 is 74.6 Å². The van der Waals surface area contributed by atoms with E-state index in [4.69, 9.17) is 24.4 Å². The Morgan fingerprint density at radius 1 is 0.870 bits per heavy atom. The predicted octanol–water partition coefficient (Wildman–Crippen LogP) is -5.40. The fourth-order valence-electron chi connectivity index (χ4n) is 2.58. The molecule has 10 atom stereocenters. The monoisotopic (exact) mass is 342 g/mol. The molecule has 10 unspecified atom stereocenters. The zero-order valence-electron chi connectivity index (χ0n) is 12.0. The van der Waals surface area contributed by atoms with Crippen LogP contribution in [0.1, 0.15) is 0 Å². The Morgan fingerprint density at radius 2 is 1.52 bits per heavy atom. The van der Waals surface area contributed by atoms with Crippen molar-refractivity contribution in [2.24, 2.45) is 0 Å². The summed E-state index contributed by atoms with van der Waals surface area (Å²) >= 11 is 0. The zero-order valence-corrected chi connectivity index (χ0v) is 12.0. The second-order valence-electron chi connectivity index (χ2n) is 5.53. The van der Waals surface area contributed by atoms with Gasteiger partial charge in [0.25, 0.3) is 0 Å². The molecule has 23 heavy (non-hydrogen) atoms. The topological polar surface area (TPSA) is 190 Å². The van der Waals surface area contributed by atoms with Crippen LogP contribution in [0.2, 0.25) is 0 Å². The Hall–Kier alpha value is -0.440. The maximum absolute atomic E-state index is 9.88. The molecule has 2 rings (SSSR count). The molecule has 2 aliphatic heterocycles. The second kappa shape index (κ2) is 7.63. The summed E-state index contributed by atoms with van der Waals surface area (Å²) in [5, 5.41) is 76.3. The number of hydrogen-bond donors (Lipinski definition) is 8. The van der Waals surface area contributed by atoms with Crippen LogP contribution in [0.15, 0.2) is 0 Å². The molecule has 11 nitrogen and oxygen atoms in total. The highest BCUT2D eigenvalue weighted by Crippen LogP contribution is 2.30. The van der Waals surface area contributed by atoms with Crippen molar-refractivity contribution in [1.29, 1.82) is 0 Å². The summed E-state index contributed by atoms with van der Waals surface area (Å²) < 4.78 is 15.3. The predicted molar refractivity (Wildman–Crippen MR) is 68.6 cm³/mol. The molecular weight excluding hydrogens is 320 g/mol. The van der Waals surface area contributed by atoms with Crippen LogP contribution in [0.5, 0.6) is 0 Å². The summed E-state index contributed by atoms with van der Waals surface area (Å²) in [5.41, 5.74) is 0. The van der Waals surface area contributed by atoms with Crippen LogP contribution in [-0.4, -0.2) is 115 Å². The Morgan fingerprint density at radius 3 is 2.09 bits per heavy atom. The number of aliphatic hydroxyl groups is 8. The van der Waals surface area contributed by atoms with Crippen LogP contribution in [0.3, 0.4) is 0 Å². The fraction of sp³-hybridized carbons (Fsp3) is 1.00. The highest BCUT2D eigenvalue weighted by molar-refractivity contribution is 4.94. The first-order valence-electron chi connectivity index (χ1n) is 7.08. The lowest BCUT2D eigenvalue weighted by atomic mass is 9.99. The number of rotatable bonds is 5. The van der Waals surface area contributed by atoms with E-state index in [1.807, 2.05) is 0 Å². The van der Waals surface area contributed by atoms with Gasteiger partial charge in [-0.25, -0.2) is 0 Å². The molecule has 0 aromatic rings. The van der Waals surface area contributed by atoms with E-state index in [-0.39, 0.29) is 0 Å². The third kappa shape index (κ3) is 3.65. The third-order valence-electron chi connectivity index (χ3n) is 3.96. The van der Waals surface area contributed by atoms with Crippen LogP contribution < -0.4 is 0 Å². The maximum atomic E-state index is 9.88. The molecule has 0 aromatic heterocycles. The van der Waals surface area contributed by atoms with Crippen LogP contribution >= 0.6 is 0 Å². The molecule has 2 fully saturated rings. The molecule has 11 heteroatoms. The van der Waals surface area contributed by atoms with E-state index >= 15 is 0 Å². The standard InChI is InChI=1S/C12H22O11/c13-1-3(15)9-10(8(19)11(20)22-9)23-12-7(18)6(17)5(16)4(2-14)21-12/h3-20H,1-2H2. The third-order valence-corrected chi connectivity index (χ3v) is 3.96. The normalized spacial score (nSPS) is 49.3. The lowest BCUT2D eigenvalue weighted by molar-refractivity contribution is -0.319. The molecule has 0 bridgehead atoms. The Bertz CT molecular complexity index is 380. The quantitative estimate of drug-likeness (QED) is 0.238. The molecule has 2 aliphatic rings. The van der Waals surface area contributed by atoms with Gasteiger partial charge in [0.05, 0.1) is 13.2 Å². The summed E-state index contributed by atoms with van der Waals surface area (Å²) in [6, 6.07) is 0. The first kappa shape index (κ1) is 18.9. The van der Waals surface area contributed by atoms with Gasteiger partial charge in [0.15, 0.2) is 12.6 Å². The lowest BCUT2D eigenvalue weighted by Gasteiger charge is -2.41. The molecule has 0 spiro atoms. The van der Waals surface area contributed by atoms with E-state index in [9.17, 15) is 30.6 Å². The van der Waals surface area contributed by atoms with Gasteiger partial charge in [0, 0.05) is 0 Å². The van der Waals surface area contributed by atoms with Gasteiger partial charge < -0.3 is 55.1 Å². The Balaban J connectivity index is 2.11. The first-order valence-corrected chi connectivity index (χ1v) is 7.08. The number of aliphatic hydroxyl groups excluding tert-OH is 8. The molecule has 2 saturated heterocycles. The van der Waals surface area contributed by atoms with Crippen LogP contribution in [0.4, 0.5) is 0 Å². The van der Waals surface area contributed by atoms with E-state index in [1.54, 1.807) is 0 Å². The number of hydrogen-bond acceptors (Lipinski definition) is 11. The van der Waals surface area contributed by atoms with Crippen molar-refractivity contribution in [3.8, 4) is 0 Å². The number of ether oxygens (including phenoxy) is 3. The van der Waals surface area contributed by atoms with Gasteiger partial charge in [0.1, 0.15) is 48.8 Å². The van der Waals surface area contributed by atoms with Gasteiger partial charge in [-0.05, 0) is 0 Å². The Kier molecular flexibility index (Phi) is 6.27. The van der Waals surface area contributed by atoms with Crippen molar-refractivity contribution in [3.63, 3.8) is 0 Å².